The van der Waals surface area contributed by atoms with Crippen LogP contribution >= 0.6 is 0 Å². The molecule has 0 spiro atoms. The van der Waals surface area contributed by atoms with Crippen LogP contribution in [0.25, 0.3) is 0 Å². The summed E-state index contributed by atoms with van der Waals surface area (Å²) in [4.78, 5) is 5.04. The number of hydrogen-bond acceptors (Lipinski definition) is 6. The molecule has 0 aromatic carbocycles. The first-order chi connectivity index (χ1) is 8.43. The van der Waals surface area contributed by atoms with Crippen LogP contribution in [-0.2, 0) is 15.6 Å². The molecule has 0 saturated carbocycles. The van der Waals surface area contributed by atoms with Gasteiger partial charge < -0.3 is 14.1 Å². The molecule has 2 unspecified atom stereocenters. The second kappa shape index (κ2) is 4.68. The van der Waals surface area contributed by atoms with Crippen LogP contribution in [0.1, 0.15) is 31.5 Å². The van der Waals surface area contributed by atoms with Crippen LogP contribution in [0.5, 0.6) is 5.88 Å². The maximum Gasteiger partial charge on any atom is 0.254 e. The van der Waals surface area contributed by atoms with E-state index in [0.717, 1.165) is 0 Å². The minimum Gasteiger partial charge on any atom is -0.479 e. The largest absolute Gasteiger partial charge is 0.479 e. The highest BCUT2D eigenvalue weighted by Gasteiger charge is 2.36. The molecule has 1 aliphatic rings. The highest BCUT2D eigenvalue weighted by Crippen LogP contribution is 2.31. The van der Waals surface area contributed by atoms with E-state index in [2.05, 4.69) is 10.3 Å². The van der Waals surface area contributed by atoms with Crippen molar-refractivity contribution in [3.63, 3.8) is 0 Å². The number of oxime groups is 1. The molecule has 2 heterocycles. The fourth-order valence-electron chi connectivity index (χ4n) is 1.41. The number of halogens is 1. The van der Waals surface area contributed by atoms with Gasteiger partial charge in [-0.25, -0.2) is 8.60 Å². The number of ether oxygens (including phenoxy) is 1. The summed E-state index contributed by atoms with van der Waals surface area (Å²) in [7, 11) is -0.579. The van der Waals surface area contributed by atoms with Gasteiger partial charge in [-0.2, -0.15) is 0 Å². The predicted molar refractivity (Wildman–Crippen MR) is 62.3 cm³/mol. The van der Waals surface area contributed by atoms with Crippen molar-refractivity contribution in [1.29, 1.82) is 0 Å². The topological polar surface area (TPSA) is 73.9 Å². The molecule has 18 heavy (non-hydrogen) atoms. The van der Waals surface area contributed by atoms with Gasteiger partial charge in [0.1, 0.15) is 16.4 Å². The van der Waals surface area contributed by atoms with Crippen molar-refractivity contribution < 1.29 is 22.7 Å². The van der Waals surface area contributed by atoms with Crippen LogP contribution in [0.4, 0.5) is 4.39 Å². The number of methoxy groups -OCH3 is 1. The molecule has 0 radical (unpaired) electrons. The quantitative estimate of drug-likeness (QED) is 0.843. The van der Waals surface area contributed by atoms with Gasteiger partial charge in [-0.1, -0.05) is 5.16 Å². The zero-order valence-corrected chi connectivity index (χ0v) is 11.0. The molecule has 6 nitrogen and oxygen atoms in total. The zero-order chi connectivity index (χ0) is 13.3. The number of hydrogen-bond donors (Lipinski definition) is 0. The van der Waals surface area contributed by atoms with Gasteiger partial charge in [0.15, 0.2) is 10.8 Å². The molecular weight excluding hydrogens is 263 g/mol. The fourth-order valence-corrected chi connectivity index (χ4v) is 2.57. The van der Waals surface area contributed by atoms with Crippen LogP contribution in [-0.4, -0.2) is 27.1 Å². The Bertz CT molecular complexity index is 500. The summed E-state index contributed by atoms with van der Waals surface area (Å²) >= 11 is 0. The molecule has 0 bridgehead atoms. The number of aromatic nitrogens is 1. The molecule has 2 atom stereocenters. The van der Waals surface area contributed by atoms with Crippen LogP contribution in [0.2, 0.25) is 0 Å². The Morgan fingerprint density at radius 3 is 2.83 bits per heavy atom. The van der Waals surface area contributed by atoms with E-state index in [1.54, 1.807) is 13.8 Å². The van der Waals surface area contributed by atoms with Crippen molar-refractivity contribution in [3.8, 4) is 5.88 Å². The van der Waals surface area contributed by atoms with Crippen molar-refractivity contribution in [2.45, 2.75) is 31.4 Å². The fraction of sp³-hybridized carbons (Fsp3) is 0.600. The Kier molecular flexibility index (Phi) is 3.38. The summed E-state index contributed by atoms with van der Waals surface area (Å²) in [5, 5.41) is 7.27. The average Bonchev–Trinajstić information content (AvgIpc) is 2.93. The second-order valence-electron chi connectivity index (χ2n) is 4.40. The molecular formula is C10H13FN2O4S. The van der Waals surface area contributed by atoms with E-state index < -0.39 is 21.9 Å². The Morgan fingerprint density at radius 1 is 1.61 bits per heavy atom. The van der Waals surface area contributed by atoms with Crippen LogP contribution < -0.4 is 4.74 Å². The lowest BCUT2D eigenvalue weighted by Gasteiger charge is -2.13. The van der Waals surface area contributed by atoms with E-state index in [9.17, 15) is 8.60 Å². The second-order valence-corrected chi connectivity index (χ2v) is 5.88. The average molecular weight is 276 g/mol. The third kappa shape index (κ3) is 2.53. The Labute approximate surface area is 106 Å². The van der Waals surface area contributed by atoms with E-state index in [-0.39, 0.29) is 16.7 Å². The monoisotopic (exact) mass is 276 g/mol. The van der Waals surface area contributed by atoms with Crippen molar-refractivity contribution in [2.24, 2.45) is 5.16 Å². The van der Waals surface area contributed by atoms with Crippen molar-refractivity contribution in [2.75, 3.05) is 7.11 Å². The van der Waals surface area contributed by atoms with Crippen molar-refractivity contribution >= 4 is 15.8 Å². The number of rotatable bonds is 3. The molecule has 100 valence electrons. The lowest BCUT2D eigenvalue weighted by Crippen LogP contribution is -2.21. The molecule has 0 saturated heterocycles. The predicted octanol–water partition coefficient (Wildman–Crippen LogP) is 1.91. The van der Waals surface area contributed by atoms with Gasteiger partial charge >= 0.3 is 0 Å². The van der Waals surface area contributed by atoms with Gasteiger partial charge in [0.25, 0.3) is 5.88 Å². The first-order valence-corrected chi connectivity index (χ1v) is 6.44. The molecule has 2 rings (SSSR count). The summed E-state index contributed by atoms with van der Waals surface area (Å²) in [6, 6.07) is 1.25. The summed E-state index contributed by atoms with van der Waals surface area (Å²) in [6.45, 7) is 3.57. The Hall–Kier alpha value is -1.44. The third-order valence-electron chi connectivity index (χ3n) is 2.33. The molecule has 1 aliphatic heterocycles. The minimum atomic E-state index is -1.96. The molecule has 0 N–H and O–H groups in total. The first-order valence-electron chi connectivity index (χ1n) is 5.23. The molecule has 1 aromatic heterocycles. The van der Waals surface area contributed by atoms with E-state index in [1.165, 1.54) is 13.2 Å². The molecule has 0 aliphatic carbocycles. The molecule has 0 amide bonds. The molecule has 1 aromatic rings. The molecule has 0 fully saturated rings. The summed E-state index contributed by atoms with van der Waals surface area (Å²) in [6.07, 6.45) is 0.311. The third-order valence-corrected chi connectivity index (χ3v) is 3.62. The number of alkyl halides is 1. The molecule has 8 heteroatoms. The summed E-state index contributed by atoms with van der Waals surface area (Å²) in [5.74, 6) is -0.0211. The summed E-state index contributed by atoms with van der Waals surface area (Å²) in [5.41, 5.74) is -2.39. The highest BCUT2D eigenvalue weighted by atomic mass is 32.2. The van der Waals surface area contributed by atoms with Crippen molar-refractivity contribution in [3.05, 3.63) is 11.8 Å². The first kappa shape index (κ1) is 13.0. The standard InChI is InChI=1S/C10H13FN2O4S/c1-10(2)5-8(13-17-10)18(14)9(11)6-4-7(15-3)12-16-6/h4,9H,5H2,1-3H3. The zero-order valence-electron chi connectivity index (χ0n) is 10.2. The van der Waals surface area contributed by atoms with E-state index in [1.807, 2.05) is 0 Å². The Morgan fingerprint density at radius 2 is 2.33 bits per heavy atom. The lowest BCUT2D eigenvalue weighted by atomic mass is 10.1. The van der Waals surface area contributed by atoms with Crippen LogP contribution in [0.3, 0.4) is 0 Å². The maximum absolute atomic E-state index is 14.0. The van der Waals surface area contributed by atoms with Gasteiger partial charge in [0, 0.05) is 12.5 Å². The normalized spacial score (nSPS) is 21.0. The SMILES string of the molecule is COc1cc(C(F)S(=O)C2=NOC(C)(C)C2)on1. The highest BCUT2D eigenvalue weighted by molar-refractivity contribution is 8.00. The lowest BCUT2D eigenvalue weighted by molar-refractivity contribution is 0.0123. The minimum absolute atomic E-state index is 0.134. The van der Waals surface area contributed by atoms with Crippen LogP contribution in [0, 0.1) is 0 Å². The van der Waals surface area contributed by atoms with Gasteiger partial charge in [0.2, 0.25) is 5.50 Å². The van der Waals surface area contributed by atoms with Gasteiger partial charge in [-0.15, -0.1) is 0 Å². The van der Waals surface area contributed by atoms with Gasteiger partial charge in [-0.05, 0) is 19.0 Å². The van der Waals surface area contributed by atoms with Crippen LogP contribution in [0.15, 0.2) is 15.7 Å². The van der Waals surface area contributed by atoms with E-state index in [4.69, 9.17) is 14.1 Å². The van der Waals surface area contributed by atoms with E-state index >= 15 is 0 Å². The Balaban J connectivity index is 2.10. The number of nitrogens with zero attached hydrogens (tertiary/aromatic N) is 2. The summed E-state index contributed by atoms with van der Waals surface area (Å²) < 4.78 is 35.4. The van der Waals surface area contributed by atoms with Gasteiger partial charge in [0.05, 0.1) is 7.11 Å². The maximum atomic E-state index is 14.0. The smallest absolute Gasteiger partial charge is 0.254 e. The van der Waals surface area contributed by atoms with Gasteiger partial charge in [-0.3, -0.25) is 0 Å². The van der Waals surface area contributed by atoms with Crippen molar-refractivity contribution in [1.82, 2.24) is 5.16 Å². The van der Waals surface area contributed by atoms with E-state index in [0.29, 0.717) is 6.42 Å².